The highest BCUT2D eigenvalue weighted by atomic mass is 16.7. The summed E-state index contributed by atoms with van der Waals surface area (Å²) in [5.41, 5.74) is 0.416. The quantitative estimate of drug-likeness (QED) is 0.593. The zero-order valence-corrected chi connectivity index (χ0v) is 13.5. The van der Waals surface area contributed by atoms with E-state index in [4.69, 9.17) is 14.2 Å². The third-order valence-corrected chi connectivity index (χ3v) is 5.56. The molecule has 4 aliphatic rings. The van der Waals surface area contributed by atoms with E-state index in [1.54, 1.807) is 6.92 Å². The first kappa shape index (κ1) is 15.6. The fourth-order valence-electron chi connectivity index (χ4n) is 4.31. The van der Waals surface area contributed by atoms with Gasteiger partial charge in [0.25, 0.3) is 0 Å². The van der Waals surface area contributed by atoms with Crippen molar-refractivity contribution in [3.05, 3.63) is 12.2 Å². The van der Waals surface area contributed by atoms with Crippen molar-refractivity contribution in [3.63, 3.8) is 0 Å². The SMILES string of the molecule is C=C(C)C(=O)NC1CCCC1C(=O)OC1C2CC3C(=O)OC1C3O2. The molecule has 7 nitrogen and oxygen atoms in total. The average molecular weight is 335 g/mol. The molecule has 130 valence electrons. The van der Waals surface area contributed by atoms with Gasteiger partial charge in [-0.05, 0) is 26.2 Å². The first-order chi connectivity index (χ1) is 11.5. The summed E-state index contributed by atoms with van der Waals surface area (Å²) in [5.74, 6) is -1.42. The van der Waals surface area contributed by atoms with Crippen molar-refractivity contribution in [2.24, 2.45) is 11.8 Å². The van der Waals surface area contributed by atoms with Gasteiger partial charge in [-0.25, -0.2) is 0 Å². The lowest BCUT2D eigenvalue weighted by atomic mass is 9.88. The Morgan fingerprint density at radius 3 is 2.83 bits per heavy atom. The van der Waals surface area contributed by atoms with Gasteiger partial charge in [-0.3, -0.25) is 14.4 Å². The summed E-state index contributed by atoms with van der Waals surface area (Å²) < 4.78 is 16.7. The van der Waals surface area contributed by atoms with Crippen molar-refractivity contribution in [3.8, 4) is 0 Å². The highest BCUT2D eigenvalue weighted by molar-refractivity contribution is 5.92. The maximum atomic E-state index is 12.6. The molecular formula is C17H21NO6. The van der Waals surface area contributed by atoms with Crippen molar-refractivity contribution in [2.75, 3.05) is 0 Å². The molecule has 3 aliphatic heterocycles. The summed E-state index contributed by atoms with van der Waals surface area (Å²) in [6.07, 6.45) is 1.29. The summed E-state index contributed by atoms with van der Waals surface area (Å²) in [7, 11) is 0. The van der Waals surface area contributed by atoms with E-state index in [1.807, 2.05) is 0 Å². The van der Waals surface area contributed by atoms with Crippen LogP contribution >= 0.6 is 0 Å². The van der Waals surface area contributed by atoms with Gasteiger partial charge in [0.05, 0.1) is 17.9 Å². The van der Waals surface area contributed by atoms with Gasteiger partial charge >= 0.3 is 11.9 Å². The van der Waals surface area contributed by atoms with Gasteiger partial charge in [-0.1, -0.05) is 13.0 Å². The van der Waals surface area contributed by atoms with E-state index < -0.39 is 12.2 Å². The van der Waals surface area contributed by atoms with Crippen molar-refractivity contribution < 1.29 is 28.6 Å². The molecule has 7 unspecified atom stereocenters. The van der Waals surface area contributed by atoms with Gasteiger partial charge in [-0.2, -0.15) is 0 Å². The summed E-state index contributed by atoms with van der Waals surface area (Å²) in [5, 5.41) is 2.85. The maximum absolute atomic E-state index is 12.6. The molecular weight excluding hydrogens is 314 g/mol. The monoisotopic (exact) mass is 335 g/mol. The van der Waals surface area contributed by atoms with E-state index in [9.17, 15) is 14.4 Å². The molecule has 0 spiro atoms. The molecule has 3 heterocycles. The molecule has 4 fully saturated rings. The Morgan fingerprint density at radius 1 is 1.29 bits per heavy atom. The Bertz CT molecular complexity index is 616. The van der Waals surface area contributed by atoms with Crippen LogP contribution < -0.4 is 5.32 Å². The van der Waals surface area contributed by atoms with Crippen LogP contribution in [0.25, 0.3) is 0 Å². The first-order valence-electron chi connectivity index (χ1n) is 8.48. The molecule has 7 atom stereocenters. The Balaban J connectivity index is 1.40. The van der Waals surface area contributed by atoms with Crippen molar-refractivity contribution in [1.82, 2.24) is 5.32 Å². The first-order valence-corrected chi connectivity index (χ1v) is 8.48. The number of esters is 2. The van der Waals surface area contributed by atoms with Crippen LogP contribution in [-0.2, 0) is 28.6 Å². The molecule has 1 aliphatic carbocycles. The molecule has 1 amide bonds. The van der Waals surface area contributed by atoms with Gasteiger partial charge in [0, 0.05) is 11.6 Å². The third kappa shape index (κ3) is 2.33. The molecule has 4 rings (SSSR count). The summed E-state index contributed by atoms with van der Waals surface area (Å²) in [6.45, 7) is 5.25. The van der Waals surface area contributed by atoms with Gasteiger partial charge in [-0.15, -0.1) is 0 Å². The molecule has 3 saturated heterocycles. The Hall–Kier alpha value is -1.89. The molecule has 0 radical (unpaired) electrons. The number of carbonyl (C=O) groups is 3. The van der Waals surface area contributed by atoms with Gasteiger partial charge in [0.1, 0.15) is 6.10 Å². The lowest BCUT2D eigenvalue weighted by molar-refractivity contribution is -0.164. The second-order valence-corrected chi connectivity index (χ2v) is 7.18. The number of hydrogen-bond donors (Lipinski definition) is 1. The summed E-state index contributed by atoms with van der Waals surface area (Å²) in [6, 6.07) is -0.236. The zero-order valence-electron chi connectivity index (χ0n) is 13.5. The van der Waals surface area contributed by atoms with Crippen LogP contribution in [0.2, 0.25) is 0 Å². The van der Waals surface area contributed by atoms with E-state index in [-0.39, 0.29) is 47.9 Å². The van der Waals surface area contributed by atoms with E-state index in [2.05, 4.69) is 11.9 Å². The van der Waals surface area contributed by atoms with Crippen LogP contribution in [0, 0.1) is 11.8 Å². The summed E-state index contributed by atoms with van der Waals surface area (Å²) >= 11 is 0. The van der Waals surface area contributed by atoms with Crippen molar-refractivity contribution in [1.29, 1.82) is 0 Å². The number of ether oxygens (including phenoxy) is 3. The normalized spacial score (nSPS) is 42.0. The van der Waals surface area contributed by atoms with Crippen LogP contribution in [0.15, 0.2) is 12.2 Å². The Kier molecular flexibility index (Phi) is 3.63. The fraction of sp³-hybridized carbons (Fsp3) is 0.706. The number of amides is 1. The Labute approximate surface area is 139 Å². The van der Waals surface area contributed by atoms with E-state index >= 15 is 0 Å². The molecule has 2 bridgehead atoms. The molecule has 0 aromatic carbocycles. The third-order valence-electron chi connectivity index (χ3n) is 5.56. The van der Waals surface area contributed by atoms with Gasteiger partial charge in [0.15, 0.2) is 12.2 Å². The lowest BCUT2D eigenvalue weighted by Crippen LogP contribution is -2.45. The van der Waals surface area contributed by atoms with Crippen LogP contribution in [0.3, 0.4) is 0 Å². The lowest BCUT2D eigenvalue weighted by Gasteiger charge is -2.26. The highest BCUT2D eigenvalue weighted by Gasteiger charge is 2.65. The van der Waals surface area contributed by atoms with Crippen molar-refractivity contribution >= 4 is 17.8 Å². The second kappa shape index (κ2) is 5.58. The standard InChI is InChI=1S/C17H21NO6/c1-7(2)15(19)18-10-5-3-4-8(10)16(20)23-13-11-6-9-12(22-11)14(13)24-17(9)21/h8-14H,1,3-6H2,2H3,(H,18,19). The van der Waals surface area contributed by atoms with E-state index in [0.717, 1.165) is 12.8 Å². The highest BCUT2D eigenvalue weighted by Crippen LogP contribution is 2.47. The van der Waals surface area contributed by atoms with Gasteiger partial charge in [0.2, 0.25) is 5.91 Å². The van der Waals surface area contributed by atoms with Crippen LogP contribution in [-0.4, -0.2) is 48.3 Å². The van der Waals surface area contributed by atoms with E-state index in [0.29, 0.717) is 18.4 Å². The predicted octanol–water partition coefficient (Wildman–Crippen LogP) is 0.472. The number of rotatable bonds is 4. The molecule has 24 heavy (non-hydrogen) atoms. The molecule has 0 aromatic heterocycles. The predicted molar refractivity (Wildman–Crippen MR) is 80.6 cm³/mol. The Morgan fingerprint density at radius 2 is 2.08 bits per heavy atom. The smallest absolute Gasteiger partial charge is 0.312 e. The molecule has 0 aromatic rings. The van der Waals surface area contributed by atoms with Crippen molar-refractivity contribution in [2.45, 2.75) is 63.1 Å². The molecule has 7 heteroatoms. The number of fused-ring (bicyclic) bond motifs is 1. The van der Waals surface area contributed by atoms with Crippen LogP contribution in [0.5, 0.6) is 0 Å². The second-order valence-electron chi connectivity index (χ2n) is 7.18. The maximum Gasteiger partial charge on any atom is 0.312 e. The minimum atomic E-state index is -0.525. The zero-order chi connectivity index (χ0) is 17.0. The minimum Gasteiger partial charge on any atom is -0.455 e. The van der Waals surface area contributed by atoms with Crippen LogP contribution in [0.1, 0.15) is 32.6 Å². The number of hydrogen-bond acceptors (Lipinski definition) is 6. The largest absolute Gasteiger partial charge is 0.455 e. The number of nitrogens with one attached hydrogen (secondary N) is 1. The molecule has 1 N–H and O–H groups in total. The average Bonchev–Trinajstić information content (AvgIpc) is 3.25. The summed E-state index contributed by atoms with van der Waals surface area (Å²) in [4.78, 5) is 36.1. The van der Waals surface area contributed by atoms with Gasteiger partial charge < -0.3 is 19.5 Å². The van der Waals surface area contributed by atoms with E-state index in [1.165, 1.54) is 0 Å². The topological polar surface area (TPSA) is 90.9 Å². The fourth-order valence-corrected chi connectivity index (χ4v) is 4.31. The minimum absolute atomic E-state index is 0.205. The number of carbonyl (C=O) groups excluding carboxylic acids is 3. The van der Waals surface area contributed by atoms with Crippen LogP contribution in [0.4, 0.5) is 0 Å². The molecule has 1 saturated carbocycles.